The maximum atomic E-state index is 12.7. The van der Waals surface area contributed by atoms with E-state index in [1.807, 2.05) is 0 Å². The monoisotopic (exact) mass is 376 g/mol. The second-order valence-electron chi connectivity index (χ2n) is 6.08. The third kappa shape index (κ3) is 3.03. The highest BCUT2D eigenvalue weighted by atomic mass is 16.5. The Labute approximate surface area is 159 Å². The first kappa shape index (κ1) is 17.5. The third-order valence-electron chi connectivity index (χ3n) is 4.46. The number of hydrogen-bond donors (Lipinski definition) is 1. The molecule has 4 rings (SSSR count). The number of aromatic nitrogens is 2. The van der Waals surface area contributed by atoms with Crippen molar-refractivity contribution in [3.8, 4) is 28.3 Å². The highest BCUT2D eigenvalue weighted by molar-refractivity contribution is 5.91. The Kier molecular flexibility index (Phi) is 4.41. The summed E-state index contributed by atoms with van der Waals surface area (Å²) in [4.78, 5) is 31.5. The number of benzene rings is 2. The number of nitrogens with zero attached hydrogens (tertiary/aromatic N) is 1. The minimum Gasteiger partial charge on any atom is -0.496 e. The van der Waals surface area contributed by atoms with Crippen LogP contribution in [0, 0.1) is 0 Å². The van der Waals surface area contributed by atoms with Crippen molar-refractivity contribution in [2.24, 2.45) is 0 Å². The fraction of sp³-hybridized carbons (Fsp3) is 0.0952. The summed E-state index contributed by atoms with van der Waals surface area (Å²) in [5.41, 5.74) is 2.96. The molecule has 0 atom stereocenters. The molecule has 0 unspecified atom stereocenters. The first-order valence-electron chi connectivity index (χ1n) is 8.43. The molecular formula is C21H16N2O5. The van der Waals surface area contributed by atoms with Gasteiger partial charge in [-0.2, -0.15) is 0 Å². The number of esters is 1. The van der Waals surface area contributed by atoms with Gasteiger partial charge < -0.3 is 18.9 Å². The van der Waals surface area contributed by atoms with Crippen molar-refractivity contribution in [1.82, 2.24) is 9.97 Å². The summed E-state index contributed by atoms with van der Waals surface area (Å²) >= 11 is 0. The molecule has 7 heteroatoms. The number of rotatable bonds is 4. The highest BCUT2D eigenvalue weighted by Gasteiger charge is 2.14. The standard InChI is InChI=1S/C21H16N2O5/c1-26-19-9-17-14(7-15(19)20-10-22-11-28-20)18(24)8-16(23-17)12-3-5-13(6-4-12)21(25)27-2/h3-11H,1-2H3,(H,23,24). The second kappa shape index (κ2) is 7.03. The van der Waals surface area contributed by atoms with Crippen LogP contribution in [0.3, 0.4) is 0 Å². The molecule has 0 bridgehead atoms. The van der Waals surface area contributed by atoms with E-state index in [1.54, 1.807) is 49.7 Å². The summed E-state index contributed by atoms with van der Waals surface area (Å²) in [5, 5.41) is 0.502. The summed E-state index contributed by atoms with van der Waals surface area (Å²) < 4.78 is 15.5. The lowest BCUT2D eigenvalue weighted by molar-refractivity contribution is 0.0601. The molecule has 0 saturated carbocycles. The summed E-state index contributed by atoms with van der Waals surface area (Å²) in [6.07, 6.45) is 2.89. The van der Waals surface area contributed by atoms with Crippen LogP contribution < -0.4 is 10.2 Å². The fourth-order valence-electron chi connectivity index (χ4n) is 3.05. The molecule has 0 radical (unpaired) electrons. The molecule has 1 N–H and O–H groups in total. The van der Waals surface area contributed by atoms with Gasteiger partial charge in [-0.15, -0.1) is 0 Å². The molecule has 2 aromatic carbocycles. The van der Waals surface area contributed by atoms with Crippen molar-refractivity contribution in [3.63, 3.8) is 0 Å². The van der Waals surface area contributed by atoms with Gasteiger partial charge in [-0.25, -0.2) is 9.78 Å². The van der Waals surface area contributed by atoms with Gasteiger partial charge in [0, 0.05) is 23.2 Å². The summed E-state index contributed by atoms with van der Waals surface area (Å²) in [5.74, 6) is 0.655. The largest absolute Gasteiger partial charge is 0.496 e. The van der Waals surface area contributed by atoms with Gasteiger partial charge in [0.25, 0.3) is 0 Å². The number of carbonyl (C=O) groups is 1. The van der Waals surface area contributed by atoms with Gasteiger partial charge in [0.2, 0.25) is 0 Å². The molecule has 0 aliphatic carbocycles. The first-order chi connectivity index (χ1) is 13.6. The number of carbonyl (C=O) groups excluding carboxylic acids is 1. The second-order valence-corrected chi connectivity index (χ2v) is 6.08. The van der Waals surface area contributed by atoms with Crippen LogP contribution in [0.5, 0.6) is 5.75 Å². The molecule has 28 heavy (non-hydrogen) atoms. The first-order valence-corrected chi connectivity index (χ1v) is 8.43. The van der Waals surface area contributed by atoms with Gasteiger partial charge in [-0.05, 0) is 23.8 Å². The van der Waals surface area contributed by atoms with E-state index >= 15 is 0 Å². The number of methoxy groups -OCH3 is 2. The number of H-pyrrole nitrogens is 1. The van der Waals surface area contributed by atoms with Crippen molar-refractivity contribution in [1.29, 1.82) is 0 Å². The Bertz CT molecular complexity index is 1210. The van der Waals surface area contributed by atoms with Crippen molar-refractivity contribution < 1.29 is 18.7 Å². The summed E-state index contributed by atoms with van der Waals surface area (Å²) in [6, 6.07) is 11.8. The molecule has 0 spiro atoms. The Morgan fingerprint density at radius 3 is 2.54 bits per heavy atom. The van der Waals surface area contributed by atoms with Crippen molar-refractivity contribution >= 4 is 16.9 Å². The molecule has 0 aliphatic rings. The quantitative estimate of drug-likeness (QED) is 0.547. The van der Waals surface area contributed by atoms with Crippen LogP contribution in [0.25, 0.3) is 33.5 Å². The molecular weight excluding hydrogens is 360 g/mol. The minimum atomic E-state index is -0.414. The van der Waals surface area contributed by atoms with Crippen LogP contribution in [-0.2, 0) is 4.74 Å². The van der Waals surface area contributed by atoms with E-state index in [0.717, 1.165) is 5.56 Å². The number of pyridine rings is 1. The number of aromatic amines is 1. The predicted molar refractivity (Wildman–Crippen MR) is 103 cm³/mol. The average molecular weight is 376 g/mol. The average Bonchev–Trinajstić information content (AvgIpc) is 3.27. The van der Waals surface area contributed by atoms with Crippen molar-refractivity contribution in [2.75, 3.05) is 14.2 Å². The van der Waals surface area contributed by atoms with Gasteiger partial charge in [-0.3, -0.25) is 4.79 Å². The van der Waals surface area contributed by atoms with Crippen LogP contribution in [-0.4, -0.2) is 30.2 Å². The van der Waals surface area contributed by atoms with Crippen molar-refractivity contribution in [2.45, 2.75) is 0 Å². The third-order valence-corrected chi connectivity index (χ3v) is 4.46. The summed E-state index contributed by atoms with van der Waals surface area (Å²) in [7, 11) is 2.88. The van der Waals surface area contributed by atoms with Crippen LogP contribution >= 0.6 is 0 Å². The number of oxazole rings is 1. The van der Waals surface area contributed by atoms with E-state index in [0.29, 0.717) is 39.2 Å². The SMILES string of the molecule is COC(=O)c1ccc(-c2cc(=O)c3cc(-c4cnco4)c(OC)cc3[nH]2)cc1. The number of nitrogens with one attached hydrogen (secondary N) is 1. The normalized spacial score (nSPS) is 10.8. The molecule has 7 nitrogen and oxygen atoms in total. The molecule has 0 saturated heterocycles. The van der Waals surface area contributed by atoms with E-state index in [2.05, 4.69) is 9.97 Å². The Balaban J connectivity index is 1.83. The fourth-order valence-corrected chi connectivity index (χ4v) is 3.05. The van der Waals surface area contributed by atoms with Crippen LogP contribution in [0.1, 0.15) is 10.4 Å². The van der Waals surface area contributed by atoms with Crippen LogP contribution in [0.2, 0.25) is 0 Å². The van der Waals surface area contributed by atoms with Gasteiger partial charge in [0.15, 0.2) is 17.6 Å². The van der Waals surface area contributed by atoms with E-state index < -0.39 is 5.97 Å². The number of fused-ring (bicyclic) bond motifs is 1. The predicted octanol–water partition coefficient (Wildman–Crippen LogP) is 3.65. The molecule has 2 heterocycles. The molecule has 2 aromatic heterocycles. The Hall–Kier alpha value is -3.87. The van der Waals surface area contributed by atoms with Crippen LogP contribution in [0.15, 0.2) is 64.3 Å². The zero-order chi connectivity index (χ0) is 19.7. The van der Waals surface area contributed by atoms with Gasteiger partial charge in [-0.1, -0.05) is 12.1 Å². The molecule has 0 fully saturated rings. The van der Waals surface area contributed by atoms with E-state index in [4.69, 9.17) is 13.9 Å². The molecule has 0 aliphatic heterocycles. The maximum absolute atomic E-state index is 12.7. The smallest absolute Gasteiger partial charge is 0.337 e. The number of hydrogen-bond acceptors (Lipinski definition) is 6. The van der Waals surface area contributed by atoms with E-state index in [-0.39, 0.29) is 5.43 Å². The zero-order valence-corrected chi connectivity index (χ0v) is 15.2. The Morgan fingerprint density at radius 2 is 1.89 bits per heavy atom. The van der Waals surface area contributed by atoms with Gasteiger partial charge >= 0.3 is 5.97 Å². The topological polar surface area (TPSA) is 94.4 Å². The lowest BCUT2D eigenvalue weighted by atomic mass is 10.0. The zero-order valence-electron chi connectivity index (χ0n) is 15.2. The van der Waals surface area contributed by atoms with E-state index in [9.17, 15) is 9.59 Å². The highest BCUT2D eigenvalue weighted by Crippen LogP contribution is 2.33. The molecule has 4 aromatic rings. The van der Waals surface area contributed by atoms with Gasteiger partial charge in [0.1, 0.15) is 5.75 Å². The maximum Gasteiger partial charge on any atom is 0.337 e. The lowest BCUT2D eigenvalue weighted by Gasteiger charge is -2.10. The lowest BCUT2D eigenvalue weighted by Crippen LogP contribution is -2.04. The van der Waals surface area contributed by atoms with Crippen molar-refractivity contribution in [3.05, 3.63) is 70.8 Å². The molecule has 0 amide bonds. The minimum absolute atomic E-state index is 0.149. The van der Waals surface area contributed by atoms with E-state index in [1.165, 1.54) is 19.6 Å². The Morgan fingerprint density at radius 1 is 1.11 bits per heavy atom. The summed E-state index contributed by atoms with van der Waals surface area (Å²) in [6.45, 7) is 0. The van der Waals surface area contributed by atoms with Gasteiger partial charge in [0.05, 0.1) is 37.1 Å². The number of ether oxygens (including phenoxy) is 2. The molecule has 140 valence electrons. The van der Waals surface area contributed by atoms with Crippen LogP contribution in [0.4, 0.5) is 0 Å².